The van der Waals surface area contributed by atoms with Crippen molar-refractivity contribution in [1.82, 2.24) is 29.4 Å². The first-order valence-corrected chi connectivity index (χ1v) is 9.73. The van der Waals surface area contributed by atoms with Gasteiger partial charge in [-0.3, -0.25) is 9.88 Å². The van der Waals surface area contributed by atoms with Gasteiger partial charge < -0.3 is 4.57 Å². The van der Waals surface area contributed by atoms with E-state index in [1.165, 1.54) is 11.1 Å². The van der Waals surface area contributed by atoms with Gasteiger partial charge in [0.05, 0.1) is 23.3 Å². The third-order valence-electron chi connectivity index (χ3n) is 5.35. The van der Waals surface area contributed by atoms with Crippen LogP contribution in [0.5, 0.6) is 0 Å². The number of benzene rings is 1. The number of hydrogen-bond donors (Lipinski definition) is 0. The smallest absolute Gasteiger partial charge is 0.160 e. The molecule has 0 bridgehead atoms. The van der Waals surface area contributed by atoms with Crippen LogP contribution < -0.4 is 0 Å². The molecule has 4 heterocycles. The maximum atomic E-state index is 4.87. The van der Waals surface area contributed by atoms with Gasteiger partial charge in [-0.15, -0.1) is 0 Å². The van der Waals surface area contributed by atoms with Crippen LogP contribution in [0.1, 0.15) is 24.0 Å². The SMILES string of the molecule is CCn1c(CN2CCc3nc(-c4cccnc4)ncc3C2)nc2ccccc21. The number of fused-ring (bicyclic) bond motifs is 2. The Labute approximate surface area is 163 Å². The first-order chi connectivity index (χ1) is 13.8. The van der Waals surface area contributed by atoms with Crippen LogP contribution in [0, 0.1) is 0 Å². The molecule has 1 aliphatic heterocycles. The van der Waals surface area contributed by atoms with Crippen LogP contribution in [0.15, 0.2) is 55.0 Å². The fraction of sp³-hybridized carbons (Fsp3) is 0.273. The van der Waals surface area contributed by atoms with E-state index in [9.17, 15) is 0 Å². The van der Waals surface area contributed by atoms with Crippen molar-refractivity contribution in [2.24, 2.45) is 0 Å². The molecule has 0 atom stereocenters. The second kappa shape index (κ2) is 7.13. The monoisotopic (exact) mass is 370 g/mol. The van der Waals surface area contributed by atoms with Gasteiger partial charge in [0, 0.05) is 55.8 Å². The van der Waals surface area contributed by atoms with Crippen LogP contribution in [0.3, 0.4) is 0 Å². The topological polar surface area (TPSA) is 59.7 Å². The minimum Gasteiger partial charge on any atom is -0.327 e. The van der Waals surface area contributed by atoms with E-state index in [2.05, 4.69) is 44.6 Å². The predicted molar refractivity (Wildman–Crippen MR) is 108 cm³/mol. The lowest BCUT2D eigenvalue weighted by Gasteiger charge is -2.27. The molecule has 1 aliphatic rings. The summed E-state index contributed by atoms with van der Waals surface area (Å²) in [5, 5.41) is 0. The highest BCUT2D eigenvalue weighted by Gasteiger charge is 2.21. The fourth-order valence-corrected chi connectivity index (χ4v) is 3.94. The van der Waals surface area contributed by atoms with Crippen molar-refractivity contribution >= 4 is 11.0 Å². The van der Waals surface area contributed by atoms with Crippen molar-refractivity contribution in [2.75, 3.05) is 6.54 Å². The largest absolute Gasteiger partial charge is 0.327 e. The Morgan fingerprint density at radius 2 is 1.96 bits per heavy atom. The zero-order chi connectivity index (χ0) is 18.9. The van der Waals surface area contributed by atoms with E-state index < -0.39 is 0 Å². The number of hydrogen-bond acceptors (Lipinski definition) is 5. The van der Waals surface area contributed by atoms with Gasteiger partial charge in [-0.2, -0.15) is 0 Å². The lowest BCUT2D eigenvalue weighted by Crippen LogP contribution is -2.32. The molecule has 140 valence electrons. The summed E-state index contributed by atoms with van der Waals surface area (Å²) in [6.45, 7) is 5.78. The molecule has 0 N–H and O–H groups in total. The van der Waals surface area contributed by atoms with Crippen LogP contribution in [0.25, 0.3) is 22.4 Å². The summed E-state index contributed by atoms with van der Waals surface area (Å²) >= 11 is 0. The molecule has 3 aromatic heterocycles. The highest BCUT2D eigenvalue weighted by atomic mass is 15.2. The standard InChI is InChI=1S/C22H22N6/c1-2-28-20-8-4-3-7-19(20)25-21(28)15-27-11-9-18-17(14-27)13-24-22(26-18)16-6-5-10-23-12-16/h3-8,10,12-13H,2,9,11,14-15H2,1H3. The molecule has 0 radical (unpaired) electrons. The number of rotatable bonds is 4. The molecule has 0 fully saturated rings. The Bertz CT molecular complexity index is 1120. The molecule has 28 heavy (non-hydrogen) atoms. The van der Waals surface area contributed by atoms with Gasteiger partial charge in [0.1, 0.15) is 5.82 Å². The third-order valence-corrected chi connectivity index (χ3v) is 5.35. The molecular weight excluding hydrogens is 348 g/mol. The summed E-state index contributed by atoms with van der Waals surface area (Å²) in [4.78, 5) is 20.8. The van der Waals surface area contributed by atoms with E-state index in [1.54, 1.807) is 6.20 Å². The fourth-order valence-electron chi connectivity index (χ4n) is 3.94. The molecular formula is C22H22N6. The van der Waals surface area contributed by atoms with E-state index in [4.69, 9.17) is 9.97 Å². The summed E-state index contributed by atoms with van der Waals surface area (Å²) in [5.41, 5.74) is 5.60. The van der Waals surface area contributed by atoms with Gasteiger partial charge in [-0.05, 0) is 31.2 Å². The zero-order valence-electron chi connectivity index (χ0n) is 15.9. The van der Waals surface area contributed by atoms with Crippen molar-refractivity contribution in [3.8, 4) is 11.4 Å². The van der Waals surface area contributed by atoms with E-state index in [1.807, 2.05) is 30.6 Å². The van der Waals surface area contributed by atoms with E-state index in [0.717, 1.165) is 61.0 Å². The van der Waals surface area contributed by atoms with Crippen LogP contribution in [-0.4, -0.2) is 35.9 Å². The number of aromatic nitrogens is 5. The highest BCUT2D eigenvalue weighted by Crippen LogP contribution is 2.23. The number of para-hydroxylation sites is 2. The molecule has 0 saturated heterocycles. The predicted octanol–water partition coefficient (Wildman–Crippen LogP) is 3.47. The Hall–Kier alpha value is -3.12. The van der Waals surface area contributed by atoms with Crippen molar-refractivity contribution in [3.63, 3.8) is 0 Å². The number of nitrogens with zero attached hydrogens (tertiary/aromatic N) is 6. The average Bonchev–Trinajstić information content (AvgIpc) is 3.11. The normalized spacial score (nSPS) is 14.3. The lowest BCUT2D eigenvalue weighted by molar-refractivity contribution is 0.234. The Kier molecular flexibility index (Phi) is 4.33. The molecule has 6 nitrogen and oxygen atoms in total. The molecule has 5 rings (SSSR count). The molecule has 1 aromatic carbocycles. The molecule has 0 unspecified atom stereocenters. The second-order valence-corrected chi connectivity index (χ2v) is 7.13. The van der Waals surface area contributed by atoms with Crippen LogP contribution >= 0.6 is 0 Å². The Morgan fingerprint density at radius 3 is 2.82 bits per heavy atom. The summed E-state index contributed by atoms with van der Waals surface area (Å²) in [7, 11) is 0. The number of aryl methyl sites for hydroxylation is 1. The highest BCUT2D eigenvalue weighted by molar-refractivity contribution is 5.75. The maximum absolute atomic E-state index is 4.87. The summed E-state index contributed by atoms with van der Waals surface area (Å²) < 4.78 is 2.31. The maximum Gasteiger partial charge on any atom is 0.160 e. The Morgan fingerprint density at radius 1 is 1.04 bits per heavy atom. The van der Waals surface area contributed by atoms with Gasteiger partial charge in [0.25, 0.3) is 0 Å². The first-order valence-electron chi connectivity index (χ1n) is 9.73. The molecule has 0 aliphatic carbocycles. The van der Waals surface area contributed by atoms with Crippen LogP contribution in [-0.2, 0) is 26.1 Å². The van der Waals surface area contributed by atoms with Gasteiger partial charge >= 0.3 is 0 Å². The van der Waals surface area contributed by atoms with Gasteiger partial charge in [0.2, 0.25) is 0 Å². The van der Waals surface area contributed by atoms with E-state index in [0.29, 0.717) is 0 Å². The number of pyridine rings is 1. The molecule has 4 aromatic rings. The van der Waals surface area contributed by atoms with Gasteiger partial charge in [-0.1, -0.05) is 12.1 Å². The van der Waals surface area contributed by atoms with Crippen LogP contribution in [0.2, 0.25) is 0 Å². The van der Waals surface area contributed by atoms with Crippen LogP contribution in [0.4, 0.5) is 0 Å². The number of imidazole rings is 1. The molecule has 0 saturated carbocycles. The van der Waals surface area contributed by atoms with Crippen molar-refractivity contribution < 1.29 is 0 Å². The quantitative estimate of drug-likeness (QED) is 0.550. The minimum absolute atomic E-state index is 0.757. The first kappa shape index (κ1) is 17.0. The molecule has 0 amide bonds. The summed E-state index contributed by atoms with van der Waals surface area (Å²) in [5.74, 6) is 1.88. The average molecular weight is 370 g/mol. The second-order valence-electron chi connectivity index (χ2n) is 7.13. The summed E-state index contributed by atoms with van der Waals surface area (Å²) in [6.07, 6.45) is 6.48. The van der Waals surface area contributed by atoms with E-state index >= 15 is 0 Å². The molecule has 0 spiro atoms. The van der Waals surface area contributed by atoms with Crippen molar-refractivity contribution in [2.45, 2.75) is 33.0 Å². The van der Waals surface area contributed by atoms with E-state index in [-0.39, 0.29) is 0 Å². The lowest BCUT2D eigenvalue weighted by atomic mass is 10.1. The van der Waals surface area contributed by atoms with Gasteiger partial charge in [-0.25, -0.2) is 15.0 Å². The zero-order valence-corrected chi connectivity index (χ0v) is 15.9. The Balaban J connectivity index is 1.38. The van der Waals surface area contributed by atoms with Crippen molar-refractivity contribution in [3.05, 3.63) is 72.1 Å². The third kappa shape index (κ3) is 3.05. The van der Waals surface area contributed by atoms with Crippen molar-refractivity contribution in [1.29, 1.82) is 0 Å². The molecule has 6 heteroatoms. The minimum atomic E-state index is 0.757. The van der Waals surface area contributed by atoms with Gasteiger partial charge in [0.15, 0.2) is 5.82 Å². The summed E-state index contributed by atoms with van der Waals surface area (Å²) in [6, 6.07) is 12.3.